The maximum absolute atomic E-state index is 13.5. The molecule has 1 aliphatic carbocycles. The van der Waals surface area contributed by atoms with Gasteiger partial charge in [0.1, 0.15) is 5.54 Å². The lowest BCUT2D eigenvalue weighted by molar-refractivity contribution is -0.202. The van der Waals surface area contributed by atoms with Gasteiger partial charge in [-0.1, -0.05) is 19.3 Å². The summed E-state index contributed by atoms with van der Waals surface area (Å²) >= 11 is 0. The van der Waals surface area contributed by atoms with Gasteiger partial charge in [0.15, 0.2) is 0 Å². The molecule has 0 bridgehead atoms. The number of nitrogens with one attached hydrogen (secondary N) is 1. The first-order valence-corrected chi connectivity index (χ1v) is 8.43. The van der Waals surface area contributed by atoms with E-state index < -0.39 is 17.7 Å². The largest absolute Gasteiger partial charge is 0.411 e. The molecule has 5 nitrogen and oxygen atoms in total. The summed E-state index contributed by atoms with van der Waals surface area (Å²) in [5.74, 6) is 0.137. The summed E-state index contributed by atoms with van der Waals surface area (Å²) in [6.45, 7) is 0.908. The average molecular weight is 344 g/mol. The fraction of sp³-hybridized carbons (Fsp3) is 0.750. The minimum atomic E-state index is -4.41. The number of aryl methyl sites for hydroxylation is 1. The number of carbonyl (C=O) groups is 1. The summed E-state index contributed by atoms with van der Waals surface area (Å²) in [4.78, 5) is 13.9. The van der Waals surface area contributed by atoms with Gasteiger partial charge in [-0.15, -0.1) is 0 Å². The maximum Gasteiger partial charge on any atom is 0.411 e. The zero-order chi connectivity index (χ0) is 17.4. The SMILES string of the molecule is Cn1cc(C2CCN(C(=O)NC3(C(F)(F)F)CCCCC3)C2)cn1. The monoisotopic (exact) mass is 344 g/mol. The third-order valence-corrected chi connectivity index (χ3v) is 5.27. The molecule has 24 heavy (non-hydrogen) atoms. The molecule has 2 fully saturated rings. The van der Waals surface area contributed by atoms with Gasteiger partial charge < -0.3 is 10.2 Å². The van der Waals surface area contributed by atoms with Crippen LogP contribution < -0.4 is 5.32 Å². The predicted octanol–water partition coefficient (Wildman–Crippen LogP) is 3.18. The molecule has 1 aromatic rings. The average Bonchev–Trinajstić information content (AvgIpc) is 3.15. The molecular formula is C16H23F3N4O. The third-order valence-electron chi connectivity index (χ3n) is 5.27. The van der Waals surface area contributed by atoms with Crippen molar-refractivity contribution in [3.8, 4) is 0 Å². The Kier molecular flexibility index (Phi) is 4.48. The highest BCUT2D eigenvalue weighted by molar-refractivity contribution is 5.75. The van der Waals surface area contributed by atoms with Gasteiger partial charge in [0.05, 0.1) is 6.20 Å². The van der Waals surface area contributed by atoms with Crippen LogP contribution in [0.1, 0.15) is 50.0 Å². The molecule has 1 saturated carbocycles. The Labute approximate surface area is 139 Å². The van der Waals surface area contributed by atoms with Crippen molar-refractivity contribution in [1.82, 2.24) is 20.0 Å². The molecule has 1 aromatic heterocycles. The number of nitrogens with zero attached hydrogens (tertiary/aromatic N) is 3. The maximum atomic E-state index is 13.5. The number of carbonyl (C=O) groups excluding carboxylic acids is 1. The summed E-state index contributed by atoms with van der Waals surface area (Å²) in [7, 11) is 1.82. The van der Waals surface area contributed by atoms with Crippen LogP contribution in [-0.4, -0.2) is 45.5 Å². The van der Waals surface area contributed by atoms with E-state index >= 15 is 0 Å². The summed E-state index contributed by atoms with van der Waals surface area (Å²) in [5, 5.41) is 6.45. The van der Waals surface area contributed by atoms with E-state index in [1.165, 1.54) is 4.90 Å². The van der Waals surface area contributed by atoms with Crippen molar-refractivity contribution in [2.45, 2.75) is 56.2 Å². The number of aromatic nitrogens is 2. The number of amides is 2. The van der Waals surface area contributed by atoms with Crippen molar-refractivity contribution in [1.29, 1.82) is 0 Å². The quantitative estimate of drug-likeness (QED) is 0.896. The topological polar surface area (TPSA) is 50.2 Å². The molecule has 2 aliphatic rings. The molecule has 1 atom stereocenters. The van der Waals surface area contributed by atoms with Crippen molar-refractivity contribution >= 4 is 6.03 Å². The molecule has 1 aliphatic heterocycles. The molecule has 0 spiro atoms. The molecule has 2 heterocycles. The smallest absolute Gasteiger partial charge is 0.324 e. The molecule has 134 valence electrons. The van der Waals surface area contributed by atoms with Crippen LogP contribution in [0.2, 0.25) is 0 Å². The number of hydrogen-bond acceptors (Lipinski definition) is 2. The Balaban J connectivity index is 1.66. The summed E-state index contributed by atoms with van der Waals surface area (Å²) < 4.78 is 42.3. The van der Waals surface area contributed by atoms with Crippen LogP contribution in [0.4, 0.5) is 18.0 Å². The zero-order valence-corrected chi connectivity index (χ0v) is 13.8. The van der Waals surface area contributed by atoms with Crippen LogP contribution in [0, 0.1) is 0 Å². The Hall–Kier alpha value is -1.73. The lowest BCUT2D eigenvalue weighted by Gasteiger charge is -2.40. The highest BCUT2D eigenvalue weighted by Gasteiger charge is 2.56. The second-order valence-electron chi connectivity index (χ2n) is 6.95. The van der Waals surface area contributed by atoms with Crippen molar-refractivity contribution in [3.05, 3.63) is 18.0 Å². The summed E-state index contributed by atoms with van der Waals surface area (Å²) in [6.07, 6.45) is 1.72. The Morgan fingerprint density at radius 1 is 1.33 bits per heavy atom. The Morgan fingerprint density at radius 3 is 2.62 bits per heavy atom. The van der Waals surface area contributed by atoms with Crippen molar-refractivity contribution < 1.29 is 18.0 Å². The molecule has 1 N–H and O–H groups in total. The second-order valence-corrected chi connectivity index (χ2v) is 6.95. The van der Waals surface area contributed by atoms with E-state index in [0.717, 1.165) is 18.4 Å². The second kappa shape index (κ2) is 6.29. The van der Waals surface area contributed by atoms with Crippen LogP contribution in [-0.2, 0) is 7.05 Å². The molecule has 1 unspecified atom stereocenters. The summed E-state index contributed by atoms with van der Waals surface area (Å²) in [6, 6.07) is -0.597. The Morgan fingerprint density at radius 2 is 2.04 bits per heavy atom. The lowest BCUT2D eigenvalue weighted by Crippen LogP contribution is -2.61. The van der Waals surface area contributed by atoms with E-state index in [9.17, 15) is 18.0 Å². The van der Waals surface area contributed by atoms with Gasteiger partial charge in [-0.3, -0.25) is 4.68 Å². The van der Waals surface area contributed by atoms with Crippen molar-refractivity contribution in [2.75, 3.05) is 13.1 Å². The molecule has 0 aromatic carbocycles. The van der Waals surface area contributed by atoms with Crippen LogP contribution >= 0.6 is 0 Å². The van der Waals surface area contributed by atoms with E-state index in [-0.39, 0.29) is 18.8 Å². The van der Waals surface area contributed by atoms with Gasteiger partial charge >= 0.3 is 12.2 Å². The van der Waals surface area contributed by atoms with Crippen LogP contribution in [0.25, 0.3) is 0 Å². The molecule has 8 heteroatoms. The first kappa shape index (κ1) is 17.1. The van der Waals surface area contributed by atoms with Crippen LogP contribution in [0.5, 0.6) is 0 Å². The van der Waals surface area contributed by atoms with Crippen molar-refractivity contribution in [2.24, 2.45) is 7.05 Å². The number of halogens is 3. The summed E-state index contributed by atoms with van der Waals surface area (Å²) in [5.41, 5.74) is -1.04. The first-order chi connectivity index (χ1) is 11.3. The number of rotatable bonds is 2. The van der Waals surface area contributed by atoms with Crippen molar-refractivity contribution in [3.63, 3.8) is 0 Å². The number of hydrogen-bond donors (Lipinski definition) is 1. The van der Waals surface area contributed by atoms with Gasteiger partial charge in [0.2, 0.25) is 0 Å². The third kappa shape index (κ3) is 3.23. The van der Waals surface area contributed by atoms with Gasteiger partial charge in [-0.05, 0) is 24.8 Å². The molecular weight excluding hydrogens is 321 g/mol. The van der Waals surface area contributed by atoms with E-state index in [2.05, 4.69) is 10.4 Å². The minimum Gasteiger partial charge on any atom is -0.324 e. The number of alkyl halides is 3. The number of likely N-dealkylation sites (tertiary alicyclic amines) is 1. The zero-order valence-electron chi connectivity index (χ0n) is 13.8. The fourth-order valence-corrected chi connectivity index (χ4v) is 3.79. The standard InChI is InChI=1S/C16H23F3N4O/c1-22-10-13(9-20-22)12-5-8-23(11-12)14(24)21-15(16(17,18)19)6-3-2-4-7-15/h9-10,12H,2-8,11H2,1H3,(H,21,24). The molecule has 2 amide bonds. The Bertz CT molecular complexity index is 592. The van der Waals surface area contributed by atoms with Crippen LogP contribution in [0.15, 0.2) is 12.4 Å². The van der Waals surface area contributed by atoms with E-state index in [4.69, 9.17) is 0 Å². The molecule has 1 saturated heterocycles. The minimum absolute atomic E-state index is 0.0257. The fourth-order valence-electron chi connectivity index (χ4n) is 3.79. The molecule has 0 radical (unpaired) electrons. The van der Waals surface area contributed by atoms with Gasteiger partial charge in [-0.2, -0.15) is 18.3 Å². The van der Waals surface area contributed by atoms with E-state index in [1.54, 1.807) is 10.9 Å². The van der Waals surface area contributed by atoms with Crippen LogP contribution in [0.3, 0.4) is 0 Å². The predicted molar refractivity (Wildman–Crippen MR) is 82.5 cm³/mol. The van der Waals surface area contributed by atoms with Gasteiger partial charge in [-0.25, -0.2) is 4.79 Å². The van der Waals surface area contributed by atoms with E-state index in [0.29, 0.717) is 25.9 Å². The van der Waals surface area contributed by atoms with E-state index in [1.807, 2.05) is 13.2 Å². The molecule has 3 rings (SSSR count). The normalized spacial score (nSPS) is 24.2. The highest BCUT2D eigenvalue weighted by atomic mass is 19.4. The lowest BCUT2D eigenvalue weighted by atomic mass is 9.81. The highest BCUT2D eigenvalue weighted by Crippen LogP contribution is 2.42. The first-order valence-electron chi connectivity index (χ1n) is 8.43. The van der Waals surface area contributed by atoms with Gasteiger partial charge in [0.25, 0.3) is 0 Å². The van der Waals surface area contributed by atoms with Gasteiger partial charge in [0, 0.05) is 32.3 Å². The number of urea groups is 1.